The number of rotatable bonds is 7. The predicted octanol–water partition coefficient (Wildman–Crippen LogP) is 2.70. The highest BCUT2D eigenvalue weighted by atomic mass is 35.5. The zero-order chi connectivity index (χ0) is 15.2. The van der Waals surface area contributed by atoms with E-state index in [1.807, 2.05) is 29.7 Å². The molecule has 0 atom stereocenters. The third kappa shape index (κ3) is 3.67. The summed E-state index contributed by atoms with van der Waals surface area (Å²) in [6.07, 6.45) is 1.36. The molecule has 0 aliphatic heterocycles. The van der Waals surface area contributed by atoms with E-state index in [1.165, 1.54) is 0 Å². The Kier molecular flexibility index (Phi) is 5.44. The lowest BCUT2D eigenvalue weighted by molar-refractivity contribution is -0.121. The topological polar surface area (TPSA) is 56.2 Å². The van der Waals surface area contributed by atoms with Gasteiger partial charge in [-0.2, -0.15) is 0 Å². The number of carbonyl (C=O) groups excluding carboxylic acids is 1. The van der Waals surface area contributed by atoms with Crippen molar-refractivity contribution < 1.29 is 9.53 Å². The molecule has 1 aromatic heterocycles. The number of aromatic nitrogens is 2. The number of nitrogens with zero attached hydrogens (tertiary/aromatic N) is 2. The molecule has 0 unspecified atom stereocenters. The number of nitrogens with one attached hydrogen (secondary N) is 1. The largest absolute Gasteiger partial charge is 0.497 e. The number of benzene rings is 1. The Morgan fingerprint density at radius 3 is 2.95 bits per heavy atom. The molecule has 2 aromatic rings. The molecule has 0 radical (unpaired) electrons. The van der Waals surface area contributed by atoms with Crippen LogP contribution in [-0.2, 0) is 17.2 Å². The predicted molar refractivity (Wildman–Crippen MR) is 83.8 cm³/mol. The summed E-state index contributed by atoms with van der Waals surface area (Å²) in [6, 6.07) is 5.70. The Bertz CT molecular complexity index is 625. The molecule has 0 saturated carbocycles. The van der Waals surface area contributed by atoms with Crippen LogP contribution in [0.4, 0.5) is 0 Å². The molecule has 6 heteroatoms. The van der Waals surface area contributed by atoms with E-state index in [1.54, 1.807) is 7.11 Å². The second-order valence-electron chi connectivity index (χ2n) is 4.77. The number of imidazole rings is 1. The minimum absolute atomic E-state index is 0.0488. The molecular formula is C15H20ClN3O2. The van der Waals surface area contributed by atoms with Crippen LogP contribution in [0.25, 0.3) is 11.0 Å². The summed E-state index contributed by atoms with van der Waals surface area (Å²) in [5, 5.41) is 2.87. The minimum Gasteiger partial charge on any atom is -0.497 e. The van der Waals surface area contributed by atoms with Gasteiger partial charge in [-0.1, -0.05) is 6.92 Å². The smallest absolute Gasteiger partial charge is 0.221 e. The maximum absolute atomic E-state index is 11.7. The number of hydrogen-bond donors (Lipinski definition) is 1. The first kappa shape index (κ1) is 15.6. The standard InChI is InChI=1S/C15H20ClN3O2/c1-3-7-17-15(20)6-8-19-13-5-4-11(21-2)9-12(13)18-14(19)10-16/h4-5,9H,3,6-8,10H2,1-2H3,(H,17,20). The van der Waals surface area contributed by atoms with E-state index in [-0.39, 0.29) is 5.91 Å². The fourth-order valence-electron chi connectivity index (χ4n) is 2.20. The van der Waals surface area contributed by atoms with Gasteiger partial charge in [-0.05, 0) is 18.6 Å². The van der Waals surface area contributed by atoms with E-state index in [0.717, 1.165) is 29.0 Å². The van der Waals surface area contributed by atoms with Gasteiger partial charge in [-0.25, -0.2) is 4.98 Å². The first-order chi connectivity index (χ1) is 10.2. The summed E-state index contributed by atoms with van der Waals surface area (Å²) in [6.45, 7) is 3.31. The van der Waals surface area contributed by atoms with Crippen molar-refractivity contribution in [3.63, 3.8) is 0 Å². The van der Waals surface area contributed by atoms with E-state index in [9.17, 15) is 4.79 Å². The van der Waals surface area contributed by atoms with Gasteiger partial charge in [0.25, 0.3) is 0 Å². The van der Waals surface area contributed by atoms with Crippen molar-refractivity contribution >= 4 is 28.5 Å². The molecule has 0 spiro atoms. The van der Waals surface area contributed by atoms with Crippen molar-refractivity contribution in [2.24, 2.45) is 0 Å². The van der Waals surface area contributed by atoms with E-state index >= 15 is 0 Å². The minimum atomic E-state index is 0.0488. The van der Waals surface area contributed by atoms with Gasteiger partial charge in [0, 0.05) is 25.6 Å². The second-order valence-corrected chi connectivity index (χ2v) is 5.04. The third-order valence-electron chi connectivity index (χ3n) is 3.29. The van der Waals surface area contributed by atoms with Crippen LogP contribution in [-0.4, -0.2) is 29.1 Å². The number of hydrogen-bond acceptors (Lipinski definition) is 3. The first-order valence-corrected chi connectivity index (χ1v) is 7.58. The van der Waals surface area contributed by atoms with E-state index in [4.69, 9.17) is 16.3 Å². The van der Waals surface area contributed by atoms with Gasteiger partial charge in [0.2, 0.25) is 5.91 Å². The Hall–Kier alpha value is -1.75. The number of methoxy groups -OCH3 is 1. The molecule has 1 aromatic carbocycles. The molecule has 0 aliphatic carbocycles. The Morgan fingerprint density at radius 2 is 2.29 bits per heavy atom. The lowest BCUT2D eigenvalue weighted by Crippen LogP contribution is -2.25. The van der Waals surface area contributed by atoms with Crippen LogP contribution in [0, 0.1) is 0 Å². The highest BCUT2D eigenvalue weighted by Gasteiger charge is 2.12. The van der Waals surface area contributed by atoms with Crippen molar-refractivity contribution in [3.8, 4) is 5.75 Å². The van der Waals surface area contributed by atoms with Crippen molar-refractivity contribution in [1.82, 2.24) is 14.9 Å². The van der Waals surface area contributed by atoms with Crippen molar-refractivity contribution in [2.45, 2.75) is 32.2 Å². The Labute approximate surface area is 129 Å². The van der Waals surface area contributed by atoms with Gasteiger partial charge in [-0.3, -0.25) is 4.79 Å². The van der Waals surface area contributed by atoms with Gasteiger partial charge in [0.1, 0.15) is 11.6 Å². The number of halogens is 1. The molecule has 0 fully saturated rings. The zero-order valence-electron chi connectivity index (χ0n) is 12.4. The monoisotopic (exact) mass is 309 g/mol. The number of alkyl halides is 1. The normalized spacial score (nSPS) is 10.8. The fraction of sp³-hybridized carbons (Fsp3) is 0.467. The zero-order valence-corrected chi connectivity index (χ0v) is 13.1. The highest BCUT2D eigenvalue weighted by molar-refractivity contribution is 6.16. The lowest BCUT2D eigenvalue weighted by atomic mass is 10.3. The van der Waals surface area contributed by atoms with Gasteiger partial charge in [0.05, 0.1) is 24.0 Å². The van der Waals surface area contributed by atoms with Crippen LogP contribution in [0.5, 0.6) is 5.75 Å². The molecule has 1 N–H and O–H groups in total. The second kappa shape index (κ2) is 7.31. The average Bonchev–Trinajstić information content (AvgIpc) is 2.87. The summed E-state index contributed by atoms with van der Waals surface area (Å²) in [5.41, 5.74) is 1.80. The molecule has 0 aliphatic rings. The summed E-state index contributed by atoms with van der Waals surface area (Å²) in [5.74, 6) is 1.89. The molecule has 0 saturated heterocycles. The quantitative estimate of drug-likeness (QED) is 0.800. The molecule has 5 nitrogen and oxygen atoms in total. The summed E-state index contributed by atoms with van der Waals surface area (Å²) >= 11 is 5.96. The molecule has 2 rings (SSSR count). The Morgan fingerprint density at radius 1 is 1.48 bits per heavy atom. The van der Waals surface area contributed by atoms with Crippen LogP contribution >= 0.6 is 11.6 Å². The first-order valence-electron chi connectivity index (χ1n) is 7.05. The molecule has 1 heterocycles. The van der Waals surface area contributed by atoms with Crippen LogP contribution < -0.4 is 10.1 Å². The fourth-order valence-corrected chi connectivity index (χ4v) is 2.41. The number of ether oxygens (including phenoxy) is 1. The number of amides is 1. The average molecular weight is 310 g/mol. The van der Waals surface area contributed by atoms with E-state index < -0.39 is 0 Å². The number of fused-ring (bicyclic) bond motifs is 1. The molecule has 114 valence electrons. The summed E-state index contributed by atoms with van der Waals surface area (Å²) in [4.78, 5) is 16.2. The van der Waals surface area contributed by atoms with Crippen LogP contribution in [0.15, 0.2) is 18.2 Å². The maximum Gasteiger partial charge on any atom is 0.221 e. The third-order valence-corrected chi connectivity index (χ3v) is 3.53. The maximum atomic E-state index is 11.7. The van der Waals surface area contributed by atoms with Gasteiger partial charge >= 0.3 is 0 Å². The van der Waals surface area contributed by atoms with Crippen LogP contribution in [0.3, 0.4) is 0 Å². The molecular weight excluding hydrogens is 290 g/mol. The van der Waals surface area contributed by atoms with Crippen molar-refractivity contribution in [1.29, 1.82) is 0 Å². The number of carbonyl (C=O) groups is 1. The molecule has 21 heavy (non-hydrogen) atoms. The Balaban J connectivity index is 2.19. The SMILES string of the molecule is CCCNC(=O)CCn1c(CCl)nc2cc(OC)ccc21. The van der Waals surface area contributed by atoms with Crippen molar-refractivity contribution in [3.05, 3.63) is 24.0 Å². The van der Waals surface area contributed by atoms with Gasteiger partial charge < -0.3 is 14.6 Å². The number of aryl methyl sites for hydroxylation is 1. The molecule has 1 amide bonds. The van der Waals surface area contributed by atoms with E-state index in [2.05, 4.69) is 10.3 Å². The molecule has 0 bridgehead atoms. The van der Waals surface area contributed by atoms with Gasteiger partial charge in [-0.15, -0.1) is 11.6 Å². The van der Waals surface area contributed by atoms with E-state index in [0.29, 0.717) is 25.4 Å². The highest BCUT2D eigenvalue weighted by Crippen LogP contribution is 2.22. The summed E-state index contributed by atoms with van der Waals surface area (Å²) < 4.78 is 7.19. The summed E-state index contributed by atoms with van der Waals surface area (Å²) in [7, 11) is 1.62. The van der Waals surface area contributed by atoms with Gasteiger partial charge in [0.15, 0.2) is 0 Å². The van der Waals surface area contributed by atoms with Crippen LogP contribution in [0.1, 0.15) is 25.6 Å². The lowest BCUT2D eigenvalue weighted by Gasteiger charge is -2.08. The van der Waals surface area contributed by atoms with Crippen LogP contribution in [0.2, 0.25) is 0 Å². The van der Waals surface area contributed by atoms with Crippen molar-refractivity contribution in [2.75, 3.05) is 13.7 Å².